The Kier molecular flexibility index (Phi) is 5.89. The molecule has 0 atom stereocenters. The van der Waals surface area contributed by atoms with E-state index >= 15 is 0 Å². The lowest BCUT2D eigenvalue weighted by Crippen LogP contribution is -2.14. The van der Waals surface area contributed by atoms with E-state index in [2.05, 4.69) is 34.2 Å². The number of benzene rings is 1. The Hall–Kier alpha value is -2.89. The van der Waals surface area contributed by atoms with Gasteiger partial charge in [-0.15, -0.1) is 0 Å². The first-order valence-electron chi connectivity index (χ1n) is 7.68. The Morgan fingerprint density at radius 1 is 1.12 bits per heavy atom. The van der Waals surface area contributed by atoms with Gasteiger partial charge in [0.25, 0.3) is 5.91 Å². The summed E-state index contributed by atoms with van der Waals surface area (Å²) in [4.78, 5) is 28.0. The van der Waals surface area contributed by atoms with Gasteiger partial charge >= 0.3 is 5.97 Å². The molecule has 0 saturated heterocycles. The van der Waals surface area contributed by atoms with Crippen LogP contribution in [0, 0.1) is 5.92 Å². The standard InChI is InChI=1S/C18H21N3O3/c1-12(2)9-20-16-8-14(10-19-11-16)17(22)21-15-6-4-5-13(7-15)18(23)24-3/h4-8,10-12,20H,9H2,1-3H3,(H,21,22). The molecule has 0 radical (unpaired) electrons. The summed E-state index contributed by atoms with van der Waals surface area (Å²) in [5.41, 5.74) is 2.12. The second-order valence-corrected chi connectivity index (χ2v) is 5.76. The molecule has 0 unspecified atom stereocenters. The topological polar surface area (TPSA) is 80.3 Å². The molecule has 126 valence electrons. The second kappa shape index (κ2) is 8.10. The van der Waals surface area contributed by atoms with Crippen LogP contribution in [-0.4, -0.2) is 30.5 Å². The molecule has 1 amide bonds. The predicted octanol–water partition coefficient (Wildman–Crippen LogP) is 3.19. The number of carbonyl (C=O) groups excluding carboxylic acids is 2. The maximum absolute atomic E-state index is 12.4. The highest BCUT2D eigenvalue weighted by atomic mass is 16.5. The van der Waals surface area contributed by atoms with Gasteiger partial charge in [-0.2, -0.15) is 0 Å². The lowest BCUT2D eigenvalue weighted by atomic mass is 10.2. The smallest absolute Gasteiger partial charge is 0.337 e. The Balaban J connectivity index is 2.09. The van der Waals surface area contributed by atoms with Gasteiger partial charge in [0, 0.05) is 24.6 Å². The molecule has 0 aliphatic heterocycles. The third-order valence-electron chi connectivity index (χ3n) is 3.26. The molecule has 0 saturated carbocycles. The molecule has 2 aromatic rings. The highest BCUT2D eigenvalue weighted by Crippen LogP contribution is 2.15. The van der Waals surface area contributed by atoms with E-state index in [1.165, 1.54) is 13.3 Å². The molecule has 6 nitrogen and oxygen atoms in total. The summed E-state index contributed by atoms with van der Waals surface area (Å²) in [6, 6.07) is 8.33. The number of anilines is 2. The van der Waals surface area contributed by atoms with Crippen LogP contribution in [0.4, 0.5) is 11.4 Å². The van der Waals surface area contributed by atoms with Crippen LogP contribution in [0.1, 0.15) is 34.6 Å². The fourth-order valence-corrected chi connectivity index (χ4v) is 2.03. The van der Waals surface area contributed by atoms with Crippen LogP contribution >= 0.6 is 0 Å². The molecule has 0 bridgehead atoms. The van der Waals surface area contributed by atoms with Crippen molar-refractivity contribution in [2.24, 2.45) is 5.92 Å². The zero-order chi connectivity index (χ0) is 17.5. The van der Waals surface area contributed by atoms with E-state index in [4.69, 9.17) is 0 Å². The van der Waals surface area contributed by atoms with Crippen molar-refractivity contribution in [3.8, 4) is 0 Å². The summed E-state index contributed by atoms with van der Waals surface area (Å²) in [5, 5.41) is 5.99. The van der Waals surface area contributed by atoms with Crippen molar-refractivity contribution in [1.29, 1.82) is 0 Å². The van der Waals surface area contributed by atoms with Crippen LogP contribution < -0.4 is 10.6 Å². The van der Waals surface area contributed by atoms with Gasteiger partial charge < -0.3 is 15.4 Å². The molecule has 24 heavy (non-hydrogen) atoms. The Labute approximate surface area is 141 Å². The van der Waals surface area contributed by atoms with Gasteiger partial charge in [-0.1, -0.05) is 19.9 Å². The van der Waals surface area contributed by atoms with Crippen molar-refractivity contribution in [2.45, 2.75) is 13.8 Å². The summed E-state index contributed by atoms with van der Waals surface area (Å²) in [6.45, 7) is 5.00. The molecular formula is C18H21N3O3. The van der Waals surface area contributed by atoms with E-state index in [0.29, 0.717) is 22.7 Å². The monoisotopic (exact) mass is 327 g/mol. The maximum Gasteiger partial charge on any atom is 0.337 e. The summed E-state index contributed by atoms with van der Waals surface area (Å²) in [6.07, 6.45) is 3.18. The van der Waals surface area contributed by atoms with E-state index in [-0.39, 0.29) is 5.91 Å². The Morgan fingerprint density at radius 3 is 2.58 bits per heavy atom. The van der Waals surface area contributed by atoms with Crippen molar-refractivity contribution in [2.75, 3.05) is 24.3 Å². The molecule has 1 aromatic carbocycles. The molecule has 0 fully saturated rings. The van der Waals surface area contributed by atoms with Crippen molar-refractivity contribution < 1.29 is 14.3 Å². The fraction of sp³-hybridized carbons (Fsp3) is 0.278. The molecule has 0 aliphatic carbocycles. The van der Waals surface area contributed by atoms with E-state index < -0.39 is 5.97 Å². The predicted molar refractivity (Wildman–Crippen MR) is 93.3 cm³/mol. The average Bonchev–Trinajstić information content (AvgIpc) is 2.59. The lowest BCUT2D eigenvalue weighted by molar-refractivity contribution is 0.0600. The third kappa shape index (κ3) is 4.81. The first-order valence-corrected chi connectivity index (χ1v) is 7.68. The first-order chi connectivity index (χ1) is 11.5. The van der Waals surface area contributed by atoms with Gasteiger partial charge in [0.1, 0.15) is 0 Å². The SMILES string of the molecule is COC(=O)c1cccc(NC(=O)c2cncc(NCC(C)C)c2)c1. The van der Waals surface area contributed by atoms with E-state index in [1.54, 1.807) is 36.5 Å². The number of nitrogens with zero attached hydrogens (tertiary/aromatic N) is 1. The van der Waals surface area contributed by atoms with Gasteiger partial charge in [-0.25, -0.2) is 4.79 Å². The lowest BCUT2D eigenvalue weighted by Gasteiger charge is -2.10. The summed E-state index contributed by atoms with van der Waals surface area (Å²) in [5.74, 6) is -0.256. The normalized spacial score (nSPS) is 10.3. The molecule has 6 heteroatoms. The van der Waals surface area contributed by atoms with E-state index in [1.807, 2.05) is 0 Å². The Bertz CT molecular complexity index is 729. The number of pyridine rings is 1. The molecule has 0 aliphatic rings. The maximum atomic E-state index is 12.4. The van der Waals surface area contributed by atoms with E-state index in [0.717, 1.165) is 12.2 Å². The van der Waals surface area contributed by atoms with Crippen molar-refractivity contribution in [3.05, 3.63) is 53.9 Å². The zero-order valence-electron chi connectivity index (χ0n) is 14.0. The van der Waals surface area contributed by atoms with Crippen LogP contribution in [0.2, 0.25) is 0 Å². The number of hydrogen-bond acceptors (Lipinski definition) is 5. The number of hydrogen-bond donors (Lipinski definition) is 2. The molecular weight excluding hydrogens is 306 g/mol. The van der Waals surface area contributed by atoms with Gasteiger partial charge in [0.15, 0.2) is 0 Å². The van der Waals surface area contributed by atoms with Crippen LogP contribution in [0.3, 0.4) is 0 Å². The minimum Gasteiger partial charge on any atom is -0.465 e. The molecule has 1 aromatic heterocycles. The van der Waals surface area contributed by atoms with Crippen molar-refractivity contribution >= 4 is 23.3 Å². The summed E-state index contributed by atoms with van der Waals surface area (Å²) in [7, 11) is 1.31. The molecule has 2 N–H and O–H groups in total. The number of methoxy groups -OCH3 is 1. The highest BCUT2D eigenvalue weighted by Gasteiger charge is 2.10. The van der Waals surface area contributed by atoms with Crippen LogP contribution in [0.25, 0.3) is 0 Å². The fourth-order valence-electron chi connectivity index (χ4n) is 2.03. The number of esters is 1. The minimum absolute atomic E-state index is 0.294. The molecule has 2 rings (SSSR count). The largest absolute Gasteiger partial charge is 0.465 e. The van der Waals surface area contributed by atoms with Crippen molar-refractivity contribution in [1.82, 2.24) is 4.98 Å². The number of aromatic nitrogens is 1. The quantitative estimate of drug-likeness (QED) is 0.797. The van der Waals surface area contributed by atoms with Gasteiger partial charge in [-0.3, -0.25) is 9.78 Å². The third-order valence-corrected chi connectivity index (χ3v) is 3.26. The van der Waals surface area contributed by atoms with Crippen molar-refractivity contribution in [3.63, 3.8) is 0 Å². The second-order valence-electron chi connectivity index (χ2n) is 5.76. The Morgan fingerprint density at radius 2 is 1.88 bits per heavy atom. The van der Waals surface area contributed by atoms with Gasteiger partial charge in [0.05, 0.1) is 23.9 Å². The summed E-state index contributed by atoms with van der Waals surface area (Å²) < 4.78 is 4.67. The van der Waals surface area contributed by atoms with Crippen LogP contribution in [0.5, 0.6) is 0 Å². The van der Waals surface area contributed by atoms with E-state index in [9.17, 15) is 9.59 Å². The number of nitrogens with one attached hydrogen (secondary N) is 2. The number of ether oxygens (including phenoxy) is 1. The minimum atomic E-state index is -0.451. The van der Waals surface area contributed by atoms with Crippen LogP contribution in [-0.2, 0) is 4.74 Å². The zero-order valence-corrected chi connectivity index (χ0v) is 14.0. The van der Waals surface area contributed by atoms with Gasteiger partial charge in [0.2, 0.25) is 0 Å². The first kappa shape index (κ1) is 17.5. The van der Waals surface area contributed by atoms with Gasteiger partial charge in [-0.05, 0) is 30.2 Å². The number of carbonyl (C=O) groups is 2. The molecule has 1 heterocycles. The van der Waals surface area contributed by atoms with Crippen LogP contribution in [0.15, 0.2) is 42.7 Å². The average molecular weight is 327 g/mol. The number of amides is 1. The number of rotatable bonds is 6. The summed E-state index contributed by atoms with van der Waals surface area (Å²) >= 11 is 0. The molecule has 0 spiro atoms. The highest BCUT2D eigenvalue weighted by molar-refractivity contribution is 6.05.